The molecule has 0 aromatic carbocycles. The fourth-order valence-electron chi connectivity index (χ4n) is 3.20. The van der Waals surface area contributed by atoms with E-state index in [9.17, 15) is 4.79 Å². The van der Waals surface area contributed by atoms with Crippen molar-refractivity contribution >= 4 is 5.91 Å². The Balaban J connectivity index is 1.91. The summed E-state index contributed by atoms with van der Waals surface area (Å²) in [6.45, 7) is 11.2. The van der Waals surface area contributed by atoms with Crippen LogP contribution in [0, 0.1) is 5.41 Å². The minimum absolute atomic E-state index is 0.214. The predicted molar refractivity (Wildman–Crippen MR) is 82.4 cm³/mol. The Bertz CT molecular complexity index is 355. The standard InChI is InChI=1S/C16H31N3O/c1-12(19-9-7-15(2,3)8-10-19)11-16(4,14(17)20)18-13-5-6-13/h12-13,18H,5-11H2,1-4H3,(H2,17,20). The van der Waals surface area contributed by atoms with Crippen LogP contribution in [0.5, 0.6) is 0 Å². The van der Waals surface area contributed by atoms with Crippen LogP contribution in [0.2, 0.25) is 0 Å². The van der Waals surface area contributed by atoms with Gasteiger partial charge in [0.1, 0.15) is 0 Å². The minimum atomic E-state index is -0.562. The zero-order valence-corrected chi connectivity index (χ0v) is 13.5. The highest BCUT2D eigenvalue weighted by atomic mass is 16.1. The maximum atomic E-state index is 11.8. The van der Waals surface area contributed by atoms with Crippen LogP contribution < -0.4 is 11.1 Å². The van der Waals surface area contributed by atoms with E-state index in [1.807, 2.05) is 6.92 Å². The van der Waals surface area contributed by atoms with Gasteiger partial charge in [-0.2, -0.15) is 0 Å². The first-order valence-electron chi connectivity index (χ1n) is 8.03. The van der Waals surface area contributed by atoms with Crippen molar-refractivity contribution in [2.45, 2.75) is 77.4 Å². The molecule has 0 spiro atoms. The Hall–Kier alpha value is -0.610. The minimum Gasteiger partial charge on any atom is -0.368 e. The van der Waals surface area contributed by atoms with Crippen molar-refractivity contribution in [2.75, 3.05) is 13.1 Å². The van der Waals surface area contributed by atoms with Crippen molar-refractivity contribution < 1.29 is 4.79 Å². The Kier molecular flexibility index (Phi) is 4.45. The van der Waals surface area contributed by atoms with Gasteiger partial charge >= 0.3 is 0 Å². The van der Waals surface area contributed by atoms with Gasteiger partial charge in [-0.1, -0.05) is 13.8 Å². The summed E-state index contributed by atoms with van der Waals surface area (Å²) in [6.07, 6.45) is 5.63. The molecule has 1 amide bonds. The SMILES string of the molecule is CC(CC(C)(NC1CC1)C(N)=O)N1CCC(C)(C)CC1. The van der Waals surface area contributed by atoms with Crippen LogP contribution in [-0.4, -0.2) is 41.5 Å². The summed E-state index contributed by atoms with van der Waals surface area (Å²) in [6, 6.07) is 0.898. The molecule has 2 atom stereocenters. The van der Waals surface area contributed by atoms with Gasteiger partial charge in [-0.3, -0.25) is 4.79 Å². The third kappa shape index (κ3) is 3.95. The fraction of sp³-hybridized carbons (Fsp3) is 0.938. The number of rotatable bonds is 6. The van der Waals surface area contributed by atoms with E-state index in [1.54, 1.807) is 0 Å². The number of piperidine rings is 1. The van der Waals surface area contributed by atoms with Crippen molar-refractivity contribution in [3.8, 4) is 0 Å². The first-order valence-corrected chi connectivity index (χ1v) is 8.03. The maximum absolute atomic E-state index is 11.8. The lowest BCUT2D eigenvalue weighted by molar-refractivity contribution is -0.124. The van der Waals surface area contributed by atoms with Gasteiger partial charge in [0.2, 0.25) is 5.91 Å². The van der Waals surface area contributed by atoms with E-state index >= 15 is 0 Å². The Morgan fingerprint density at radius 1 is 1.40 bits per heavy atom. The molecule has 1 aliphatic carbocycles. The molecule has 0 radical (unpaired) electrons. The van der Waals surface area contributed by atoms with Crippen molar-refractivity contribution in [1.82, 2.24) is 10.2 Å². The Morgan fingerprint density at radius 2 is 1.95 bits per heavy atom. The number of hydrogen-bond donors (Lipinski definition) is 2. The highest BCUT2D eigenvalue weighted by molar-refractivity contribution is 5.84. The maximum Gasteiger partial charge on any atom is 0.237 e. The second kappa shape index (κ2) is 5.64. The van der Waals surface area contributed by atoms with Crippen LogP contribution in [0.3, 0.4) is 0 Å². The van der Waals surface area contributed by atoms with E-state index in [0.717, 1.165) is 19.5 Å². The summed E-state index contributed by atoms with van der Waals surface area (Å²) in [5, 5.41) is 3.45. The number of carbonyl (C=O) groups is 1. The first kappa shape index (κ1) is 15.8. The number of nitrogens with two attached hydrogens (primary N) is 1. The van der Waals surface area contributed by atoms with Gasteiger partial charge in [-0.05, 0) is 64.5 Å². The van der Waals surface area contributed by atoms with E-state index in [0.29, 0.717) is 17.5 Å². The molecule has 4 heteroatoms. The molecule has 20 heavy (non-hydrogen) atoms. The molecule has 4 nitrogen and oxygen atoms in total. The second-order valence-corrected chi connectivity index (χ2v) is 7.87. The molecule has 0 aromatic rings. The highest BCUT2D eigenvalue weighted by Crippen LogP contribution is 2.32. The van der Waals surface area contributed by atoms with Crippen LogP contribution >= 0.6 is 0 Å². The van der Waals surface area contributed by atoms with Crippen LogP contribution in [0.25, 0.3) is 0 Å². The van der Waals surface area contributed by atoms with E-state index < -0.39 is 5.54 Å². The van der Waals surface area contributed by atoms with Crippen LogP contribution in [0.1, 0.15) is 59.8 Å². The Morgan fingerprint density at radius 3 is 2.40 bits per heavy atom. The van der Waals surface area contributed by atoms with Gasteiger partial charge in [-0.25, -0.2) is 0 Å². The number of hydrogen-bond acceptors (Lipinski definition) is 3. The lowest BCUT2D eigenvalue weighted by Crippen LogP contribution is -2.57. The molecular formula is C16H31N3O. The molecule has 3 N–H and O–H groups in total. The van der Waals surface area contributed by atoms with Gasteiger partial charge in [0.05, 0.1) is 5.54 Å². The molecule has 1 aliphatic heterocycles. The van der Waals surface area contributed by atoms with Crippen molar-refractivity contribution in [3.05, 3.63) is 0 Å². The summed E-state index contributed by atoms with van der Waals surface area (Å²) in [5.74, 6) is -0.214. The smallest absolute Gasteiger partial charge is 0.237 e. The average Bonchev–Trinajstić information content (AvgIpc) is 3.12. The third-order valence-corrected chi connectivity index (χ3v) is 5.12. The second-order valence-electron chi connectivity index (χ2n) is 7.87. The molecule has 0 bridgehead atoms. The fourth-order valence-corrected chi connectivity index (χ4v) is 3.20. The van der Waals surface area contributed by atoms with Gasteiger partial charge in [0.25, 0.3) is 0 Å². The lowest BCUT2D eigenvalue weighted by Gasteiger charge is -2.42. The summed E-state index contributed by atoms with van der Waals surface area (Å²) >= 11 is 0. The highest BCUT2D eigenvalue weighted by Gasteiger charge is 2.39. The predicted octanol–water partition coefficient (Wildman–Crippen LogP) is 1.88. The van der Waals surface area contributed by atoms with Gasteiger partial charge in [0.15, 0.2) is 0 Å². The topological polar surface area (TPSA) is 58.4 Å². The molecule has 1 heterocycles. The number of carbonyl (C=O) groups excluding carboxylic acids is 1. The summed E-state index contributed by atoms with van der Waals surface area (Å²) in [7, 11) is 0. The number of nitrogens with zero attached hydrogens (tertiary/aromatic N) is 1. The molecule has 116 valence electrons. The summed E-state index contributed by atoms with van der Waals surface area (Å²) in [5.41, 5.74) is 5.55. The number of nitrogens with one attached hydrogen (secondary N) is 1. The van der Waals surface area contributed by atoms with E-state index in [4.69, 9.17) is 5.73 Å². The number of primary amides is 1. The monoisotopic (exact) mass is 281 g/mol. The van der Waals surface area contributed by atoms with E-state index in [-0.39, 0.29) is 5.91 Å². The lowest BCUT2D eigenvalue weighted by atomic mass is 9.81. The zero-order chi connectivity index (χ0) is 15.0. The average molecular weight is 281 g/mol. The normalized spacial score (nSPS) is 27.8. The van der Waals surface area contributed by atoms with Crippen LogP contribution in [0.4, 0.5) is 0 Å². The molecule has 0 aromatic heterocycles. The molecule has 2 fully saturated rings. The molecule has 2 rings (SSSR count). The third-order valence-electron chi connectivity index (χ3n) is 5.12. The van der Waals surface area contributed by atoms with Crippen LogP contribution in [-0.2, 0) is 4.79 Å². The molecule has 2 aliphatic rings. The van der Waals surface area contributed by atoms with E-state index in [2.05, 4.69) is 31.0 Å². The van der Waals surface area contributed by atoms with Gasteiger partial charge in [0, 0.05) is 12.1 Å². The van der Waals surface area contributed by atoms with Crippen LogP contribution in [0.15, 0.2) is 0 Å². The number of likely N-dealkylation sites (tertiary alicyclic amines) is 1. The summed E-state index contributed by atoms with van der Waals surface area (Å²) < 4.78 is 0. The largest absolute Gasteiger partial charge is 0.368 e. The molecule has 1 saturated carbocycles. The van der Waals surface area contributed by atoms with Crippen molar-refractivity contribution in [3.63, 3.8) is 0 Å². The number of amides is 1. The quantitative estimate of drug-likeness (QED) is 0.781. The van der Waals surface area contributed by atoms with Crippen molar-refractivity contribution in [2.24, 2.45) is 11.1 Å². The summed E-state index contributed by atoms with van der Waals surface area (Å²) in [4.78, 5) is 14.4. The van der Waals surface area contributed by atoms with E-state index in [1.165, 1.54) is 25.7 Å². The first-order chi connectivity index (χ1) is 9.22. The molecule has 2 unspecified atom stereocenters. The molecule has 1 saturated heterocycles. The zero-order valence-electron chi connectivity index (χ0n) is 13.5. The Labute approximate surface area is 123 Å². The molecular weight excluding hydrogens is 250 g/mol. The van der Waals surface area contributed by atoms with Gasteiger partial charge < -0.3 is 16.0 Å². The van der Waals surface area contributed by atoms with Gasteiger partial charge in [-0.15, -0.1) is 0 Å². The van der Waals surface area contributed by atoms with Crippen molar-refractivity contribution in [1.29, 1.82) is 0 Å².